The van der Waals surface area contributed by atoms with Crippen molar-refractivity contribution in [1.82, 2.24) is 5.01 Å². The van der Waals surface area contributed by atoms with E-state index in [1.54, 1.807) is 12.1 Å². The standard InChI is InChI=1S/C10H15N3/c1-12-10(8-13(2)11)9-6-4-3-5-7-9/h3-7H,8,11H2,1-2H3. The van der Waals surface area contributed by atoms with Crippen molar-refractivity contribution in [3.05, 3.63) is 35.9 Å². The Labute approximate surface area is 78.9 Å². The van der Waals surface area contributed by atoms with Crippen LogP contribution in [-0.4, -0.2) is 31.4 Å². The van der Waals surface area contributed by atoms with Gasteiger partial charge in [-0.2, -0.15) is 0 Å². The first-order chi connectivity index (χ1) is 6.24. The first kappa shape index (κ1) is 9.89. The summed E-state index contributed by atoms with van der Waals surface area (Å²) >= 11 is 0. The fourth-order valence-corrected chi connectivity index (χ4v) is 1.16. The van der Waals surface area contributed by atoms with Crippen LogP contribution < -0.4 is 5.84 Å². The maximum Gasteiger partial charge on any atom is 0.0571 e. The fourth-order valence-electron chi connectivity index (χ4n) is 1.16. The van der Waals surface area contributed by atoms with Gasteiger partial charge in [0.25, 0.3) is 0 Å². The molecule has 0 saturated carbocycles. The van der Waals surface area contributed by atoms with Gasteiger partial charge in [-0.1, -0.05) is 30.3 Å². The fraction of sp³-hybridized carbons (Fsp3) is 0.300. The van der Waals surface area contributed by atoms with Gasteiger partial charge in [-0.3, -0.25) is 10.8 Å². The third-order valence-corrected chi connectivity index (χ3v) is 1.78. The summed E-state index contributed by atoms with van der Waals surface area (Å²) in [5.74, 6) is 5.56. The smallest absolute Gasteiger partial charge is 0.0571 e. The molecule has 0 aliphatic carbocycles. The van der Waals surface area contributed by atoms with Gasteiger partial charge in [0.2, 0.25) is 0 Å². The summed E-state index contributed by atoms with van der Waals surface area (Å²) in [6.45, 7) is 0.667. The van der Waals surface area contributed by atoms with Crippen molar-refractivity contribution in [1.29, 1.82) is 0 Å². The van der Waals surface area contributed by atoms with Crippen molar-refractivity contribution in [2.24, 2.45) is 10.8 Å². The predicted molar refractivity (Wildman–Crippen MR) is 55.7 cm³/mol. The van der Waals surface area contributed by atoms with Gasteiger partial charge < -0.3 is 0 Å². The van der Waals surface area contributed by atoms with E-state index >= 15 is 0 Å². The highest BCUT2D eigenvalue weighted by molar-refractivity contribution is 6.01. The van der Waals surface area contributed by atoms with Crippen molar-refractivity contribution < 1.29 is 0 Å². The molecular formula is C10H15N3. The highest BCUT2D eigenvalue weighted by Crippen LogP contribution is 2.01. The normalized spacial score (nSPS) is 12.2. The summed E-state index contributed by atoms with van der Waals surface area (Å²) in [7, 11) is 3.61. The molecule has 0 unspecified atom stereocenters. The van der Waals surface area contributed by atoms with Crippen molar-refractivity contribution >= 4 is 5.71 Å². The lowest BCUT2D eigenvalue weighted by Gasteiger charge is -2.11. The van der Waals surface area contributed by atoms with Crippen LogP contribution in [-0.2, 0) is 0 Å². The van der Waals surface area contributed by atoms with Gasteiger partial charge in [-0.05, 0) is 5.56 Å². The molecule has 3 nitrogen and oxygen atoms in total. The van der Waals surface area contributed by atoms with E-state index in [-0.39, 0.29) is 0 Å². The molecule has 0 atom stereocenters. The number of hydrogen-bond acceptors (Lipinski definition) is 3. The van der Waals surface area contributed by atoms with Crippen LogP contribution in [0.15, 0.2) is 35.3 Å². The zero-order chi connectivity index (χ0) is 9.68. The monoisotopic (exact) mass is 177 g/mol. The Morgan fingerprint density at radius 1 is 1.38 bits per heavy atom. The third-order valence-electron chi connectivity index (χ3n) is 1.78. The molecular weight excluding hydrogens is 162 g/mol. The lowest BCUT2D eigenvalue weighted by atomic mass is 10.1. The van der Waals surface area contributed by atoms with Crippen LogP contribution in [0.1, 0.15) is 5.56 Å². The molecule has 0 heterocycles. The minimum Gasteiger partial charge on any atom is -0.291 e. The second-order valence-electron chi connectivity index (χ2n) is 2.95. The number of likely N-dealkylation sites (N-methyl/N-ethyl adjacent to an activating group) is 1. The number of nitrogens with two attached hydrogens (primary N) is 1. The van der Waals surface area contributed by atoms with Crippen molar-refractivity contribution in [3.63, 3.8) is 0 Å². The van der Waals surface area contributed by atoms with E-state index in [1.165, 1.54) is 0 Å². The molecule has 0 aromatic heterocycles. The van der Waals surface area contributed by atoms with Crippen LogP contribution in [0.5, 0.6) is 0 Å². The molecule has 1 aromatic carbocycles. The van der Waals surface area contributed by atoms with E-state index in [2.05, 4.69) is 4.99 Å². The maximum absolute atomic E-state index is 5.56. The second-order valence-corrected chi connectivity index (χ2v) is 2.95. The Hall–Kier alpha value is -1.19. The maximum atomic E-state index is 5.56. The van der Waals surface area contributed by atoms with E-state index < -0.39 is 0 Å². The molecule has 0 bridgehead atoms. The van der Waals surface area contributed by atoms with E-state index in [4.69, 9.17) is 5.84 Å². The Kier molecular flexibility index (Phi) is 3.61. The lowest BCUT2D eigenvalue weighted by Crippen LogP contribution is -2.32. The number of rotatable bonds is 3. The molecule has 0 aliphatic rings. The molecule has 0 saturated heterocycles. The number of hydrogen-bond donors (Lipinski definition) is 1. The number of hydrazine groups is 1. The van der Waals surface area contributed by atoms with Gasteiger partial charge >= 0.3 is 0 Å². The Bertz CT molecular complexity index is 277. The second kappa shape index (κ2) is 4.74. The van der Waals surface area contributed by atoms with Crippen LogP contribution >= 0.6 is 0 Å². The summed E-state index contributed by atoms with van der Waals surface area (Å²) in [5.41, 5.74) is 2.13. The molecule has 0 radical (unpaired) electrons. The van der Waals surface area contributed by atoms with E-state index in [0.717, 1.165) is 11.3 Å². The molecule has 13 heavy (non-hydrogen) atoms. The van der Waals surface area contributed by atoms with Gasteiger partial charge in [0.1, 0.15) is 0 Å². The van der Waals surface area contributed by atoms with Gasteiger partial charge in [-0.25, -0.2) is 5.01 Å². The summed E-state index contributed by atoms with van der Waals surface area (Å²) < 4.78 is 0. The minimum absolute atomic E-state index is 0.667. The van der Waals surface area contributed by atoms with E-state index in [9.17, 15) is 0 Å². The van der Waals surface area contributed by atoms with E-state index in [1.807, 2.05) is 37.4 Å². The van der Waals surface area contributed by atoms with Crippen LogP contribution in [0.2, 0.25) is 0 Å². The van der Waals surface area contributed by atoms with Gasteiger partial charge in [0.15, 0.2) is 0 Å². The predicted octanol–water partition coefficient (Wildman–Crippen LogP) is 0.911. The third kappa shape index (κ3) is 2.97. The largest absolute Gasteiger partial charge is 0.291 e. The zero-order valence-electron chi connectivity index (χ0n) is 8.07. The Morgan fingerprint density at radius 2 is 2.00 bits per heavy atom. The van der Waals surface area contributed by atoms with Crippen LogP contribution in [0.25, 0.3) is 0 Å². The number of benzene rings is 1. The minimum atomic E-state index is 0.667. The molecule has 2 N–H and O–H groups in total. The average Bonchev–Trinajstić information content (AvgIpc) is 2.15. The SMILES string of the molecule is CN=C(CN(C)N)c1ccccc1. The van der Waals surface area contributed by atoms with Gasteiger partial charge in [-0.15, -0.1) is 0 Å². The van der Waals surface area contributed by atoms with Gasteiger partial charge in [0.05, 0.1) is 12.3 Å². The summed E-state index contributed by atoms with van der Waals surface area (Å²) in [6.07, 6.45) is 0. The average molecular weight is 177 g/mol. The summed E-state index contributed by atoms with van der Waals surface area (Å²) in [4.78, 5) is 4.19. The van der Waals surface area contributed by atoms with Crippen molar-refractivity contribution in [2.75, 3.05) is 20.6 Å². The zero-order valence-corrected chi connectivity index (χ0v) is 8.07. The van der Waals surface area contributed by atoms with Crippen molar-refractivity contribution in [3.8, 4) is 0 Å². The molecule has 3 heteroatoms. The van der Waals surface area contributed by atoms with Crippen molar-refractivity contribution in [2.45, 2.75) is 0 Å². The molecule has 1 aromatic rings. The highest BCUT2D eigenvalue weighted by atomic mass is 15.4. The molecule has 70 valence electrons. The Morgan fingerprint density at radius 3 is 2.46 bits per heavy atom. The van der Waals surface area contributed by atoms with Crippen LogP contribution in [0.4, 0.5) is 0 Å². The number of aliphatic imine (C=N–C) groups is 1. The van der Waals surface area contributed by atoms with Gasteiger partial charge in [0, 0.05) is 14.1 Å². The van der Waals surface area contributed by atoms with Crippen LogP contribution in [0.3, 0.4) is 0 Å². The summed E-state index contributed by atoms with van der Waals surface area (Å²) in [6, 6.07) is 10.1. The first-order valence-corrected chi connectivity index (χ1v) is 4.21. The molecule has 0 amide bonds. The Balaban J connectivity index is 2.80. The number of nitrogens with zero attached hydrogens (tertiary/aromatic N) is 2. The summed E-state index contributed by atoms with van der Waals surface area (Å²) in [5, 5.41) is 1.62. The molecule has 0 aliphatic heterocycles. The molecule has 1 rings (SSSR count). The quantitative estimate of drug-likeness (QED) is 0.423. The molecule has 0 spiro atoms. The molecule has 0 fully saturated rings. The highest BCUT2D eigenvalue weighted by Gasteiger charge is 2.02. The topological polar surface area (TPSA) is 41.6 Å². The van der Waals surface area contributed by atoms with Crippen LogP contribution in [0, 0.1) is 0 Å². The lowest BCUT2D eigenvalue weighted by molar-refractivity contribution is 0.401. The first-order valence-electron chi connectivity index (χ1n) is 4.21. The van der Waals surface area contributed by atoms with E-state index in [0.29, 0.717) is 6.54 Å².